The summed E-state index contributed by atoms with van der Waals surface area (Å²) < 4.78 is 5.77. The van der Waals surface area contributed by atoms with Crippen LogP contribution in [0.5, 0.6) is 5.75 Å². The topological polar surface area (TPSA) is 48.1 Å². The second-order valence-corrected chi connectivity index (χ2v) is 6.02. The van der Waals surface area contributed by atoms with Gasteiger partial charge in [0.1, 0.15) is 17.4 Å². The van der Waals surface area contributed by atoms with Gasteiger partial charge in [-0.05, 0) is 25.0 Å². The van der Waals surface area contributed by atoms with Gasteiger partial charge >= 0.3 is 0 Å². The quantitative estimate of drug-likeness (QED) is 0.929. The lowest BCUT2D eigenvalue weighted by molar-refractivity contribution is 0.305. The maximum atomic E-state index is 6.46. The van der Waals surface area contributed by atoms with E-state index >= 15 is 0 Å². The number of hydrogen-bond donors (Lipinski definition) is 1. The maximum absolute atomic E-state index is 6.46. The molecule has 0 amide bonds. The van der Waals surface area contributed by atoms with E-state index in [1.165, 1.54) is 4.88 Å². The third-order valence-electron chi connectivity index (χ3n) is 3.89. The highest BCUT2D eigenvalue weighted by atomic mass is 32.1. The number of aromatic nitrogens is 1. The van der Waals surface area contributed by atoms with Crippen molar-refractivity contribution in [3.63, 3.8) is 0 Å². The van der Waals surface area contributed by atoms with E-state index in [0.29, 0.717) is 6.61 Å². The van der Waals surface area contributed by atoms with Gasteiger partial charge in [0.15, 0.2) is 0 Å². The standard InChI is InChI=1S/C15H18N2OS/c1-3-15(16,4-2)14-17-13-10-7-5-6-8-11(10)18-9-12(13)19-14/h5-8H,3-4,9,16H2,1-2H3. The molecule has 3 nitrogen and oxygen atoms in total. The summed E-state index contributed by atoms with van der Waals surface area (Å²) in [6.45, 7) is 4.84. The number of nitrogens with zero attached hydrogens (tertiary/aromatic N) is 1. The zero-order valence-corrected chi connectivity index (χ0v) is 12.1. The van der Waals surface area contributed by atoms with Crippen LogP contribution in [0.1, 0.15) is 36.6 Å². The van der Waals surface area contributed by atoms with Gasteiger partial charge in [0.2, 0.25) is 0 Å². The molecule has 0 bridgehead atoms. The Hall–Kier alpha value is -1.39. The Morgan fingerprint density at radius 3 is 2.79 bits per heavy atom. The molecule has 100 valence electrons. The van der Waals surface area contributed by atoms with Gasteiger partial charge in [-0.15, -0.1) is 11.3 Å². The normalized spacial score (nSPS) is 13.6. The first-order chi connectivity index (χ1) is 9.18. The maximum Gasteiger partial charge on any atom is 0.129 e. The summed E-state index contributed by atoms with van der Waals surface area (Å²) in [5.41, 5.74) is 8.29. The van der Waals surface area contributed by atoms with Crippen LogP contribution in [-0.2, 0) is 12.1 Å². The first-order valence-electron chi connectivity index (χ1n) is 6.69. The Kier molecular flexibility index (Phi) is 3.07. The number of fused-ring (bicyclic) bond motifs is 3. The number of hydrogen-bond acceptors (Lipinski definition) is 4. The van der Waals surface area contributed by atoms with E-state index in [1.807, 2.05) is 18.2 Å². The monoisotopic (exact) mass is 274 g/mol. The van der Waals surface area contributed by atoms with Crippen molar-refractivity contribution in [2.75, 3.05) is 0 Å². The van der Waals surface area contributed by atoms with Crippen LogP contribution >= 0.6 is 11.3 Å². The fourth-order valence-electron chi connectivity index (χ4n) is 2.36. The fourth-order valence-corrected chi connectivity index (χ4v) is 3.59. The molecule has 3 rings (SSSR count). The second kappa shape index (κ2) is 4.62. The van der Waals surface area contributed by atoms with Gasteiger partial charge in [-0.3, -0.25) is 0 Å². The van der Waals surface area contributed by atoms with Gasteiger partial charge in [-0.2, -0.15) is 0 Å². The van der Waals surface area contributed by atoms with Crippen molar-refractivity contribution in [1.29, 1.82) is 0 Å². The smallest absolute Gasteiger partial charge is 0.129 e. The number of thiazole rings is 1. The van der Waals surface area contributed by atoms with Crippen molar-refractivity contribution in [3.05, 3.63) is 34.2 Å². The molecule has 0 saturated carbocycles. The second-order valence-electron chi connectivity index (χ2n) is 4.94. The summed E-state index contributed by atoms with van der Waals surface area (Å²) in [5.74, 6) is 0.919. The van der Waals surface area contributed by atoms with E-state index in [9.17, 15) is 0 Å². The van der Waals surface area contributed by atoms with Crippen LogP contribution in [0.15, 0.2) is 24.3 Å². The van der Waals surface area contributed by atoms with Crippen LogP contribution in [0.25, 0.3) is 11.3 Å². The molecule has 1 aromatic heterocycles. The van der Waals surface area contributed by atoms with E-state index in [-0.39, 0.29) is 5.54 Å². The summed E-state index contributed by atoms with van der Waals surface area (Å²) in [6, 6.07) is 8.06. The number of nitrogens with two attached hydrogens (primary N) is 1. The Morgan fingerprint density at radius 1 is 1.32 bits per heavy atom. The number of rotatable bonds is 3. The van der Waals surface area contributed by atoms with E-state index in [1.54, 1.807) is 11.3 Å². The minimum atomic E-state index is -0.309. The molecule has 2 heterocycles. The predicted molar refractivity (Wildman–Crippen MR) is 78.3 cm³/mol. The minimum absolute atomic E-state index is 0.309. The summed E-state index contributed by atoms with van der Waals surface area (Å²) in [4.78, 5) is 6.00. The van der Waals surface area contributed by atoms with Crippen LogP contribution in [0.2, 0.25) is 0 Å². The van der Waals surface area contributed by atoms with Crippen molar-refractivity contribution in [1.82, 2.24) is 4.98 Å². The van der Waals surface area contributed by atoms with E-state index in [0.717, 1.165) is 34.9 Å². The molecule has 0 fully saturated rings. The first kappa shape index (κ1) is 12.6. The molecule has 1 aromatic carbocycles. The highest BCUT2D eigenvalue weighted by Gasteiger charge is 2.30. The van der Waals surface area contributed by atoms with Crippen LogP contribution in [-0.4, -0.2) is 4.98 Å². The Balaban J connectivity index is 2.11. The van der Waals surface area contributed by atoms with Crippen molar-refractivity contribution >= 4 is 11.3 Å². The van der Waals surface area contributed by atoms with E-state index in [2.05, 4.69) is 19.9 Å². The molecule has 2 N–H and O–H groups in total. The highest BCUT2D eigenvalue weighted by molar-refractivity contribution is 7.12. The van der Waals surface area contributed by atoms with Gasteiger partial charge in [0.05, 0.1) is 16.1 Å². The van der Waals surface area contributed by atoms with E-state index in [4.69, 9.17) is 15.5 Å². The van der Waals surface area contributed by atoms with Crippen molar-refractivity contribution < 1.29 is 4.74 Å². The predicted octanol–water partition coefficient (Wildman–Crippen LogP) is 3.68. The summed E-state index contributed by atoms with van der Waals surface area (Å²) in [7, 11) is 0. The Labute approximate surface area is 117 Å². The summed E-state index contributed by atoms with van der Waals surface area (Å²) >= 11 is 1.69. The Morgan fingerprint density at radius 2 is 2.05 bits per heavy atom. The molecular formula is C15H18N2OS. The molecule has 0 saturated heterocycles. The first-order valence-corrected chi connectivity index (χ1v) is 7.51. The summed E-state index contributed by atoms with van der Waals surface area (Å²) in [6.07, 6.45) is 1.80. The van der Waals surface area contributed by atoms with Crippen LogP contribution in [0, 0.1) is 0 Å². The highest BCUT2D eigenvalue weighted by Crippen LogP contribution is 2.42. The molecular weight excluding hydrogens is 256 g/mol. The third kappa shape index (κ3) is 1.95. The Bertz CT molecular complexity index is 602. The number of ether oxygens (including phenoxy) is 1. The van der Waals surface area contributed by atoms with Crippen LogP contribution < -0.4 is 10.5 Å². The molecule has 0 spiro atoms. The van der Waals surface area contributed by atoms with Gasteiger partial charge in [-0.1, -0.05) is 26.0 Å². The summed E-state index contributed by atoms with van der Waals surface area (Å²) in [5, 5.41) is 1.03. The number of benzene rings is 1. The SMILES string of the molecule is CCC(N)(CC)c1nc2c(s1)COc1ccccc1-2. The van der Waals surface area contributed by atoms with Crippen molar-refractivity contribution in [3.8, 4) is 17.0 Å². The van der Waals surface area contributed by atoms with Gasteiger partial charge in [0.25, 0.3) is 0 Å². The van der Waals surface area contributed by atoms with Gasteiger partial charge in [0, 0.05) is 5.56 Å². The van der Waals surface area contributed by atoms with Gasteiger partial charge < -0.3 is 10.5 Å². The van der Waals surface area contributed by atoms with Crippen molar-refractivity contribution in [2.45, 2.75) is 38.8 Å². The minimum Gasteiger partial charge on any atom is -0.487 e. The molecule has 1 aliphatic heterocycles. The average molecular weight is 274 g/mol. The van der Waals surface area contributed by atoms with Gasteiger partial charge in [-0.25, -0.2) is 4.98 Å². The van der Waals surface area contributed by atoms with Crippen molar-refractivity contribution in [2.24, 2.45) is 5.73 Å². The molecule has 0 radical (unpaired) electrons. The molecule has 2 aromatic rings. The molecule has 0 unspecified atom stereocenters. The van der Waals surface area contributed by atoms with Crippen LogP contribution in [0.4, 0.5) is 0 Å². The molecule has 0 atom stereocenters. The molecule has 4 heteroatoms. The largest absolute Gasteiger partial charge is 0.487 e. The zero-order chi connectivity index (χ0) is 13.5. The van der Waals surface area contributed by atoms with E-state index < -0.39 is 0 Å². The average Bonchev–Trinajstić information content (AvgIpc) is 2.91. The lowest BCUT2D eigenvalue weighted by Gasteiger charge is -2.23. The lowest BCUT2D eigenvalue weighted by Crippen LogP contribution is -2.34. The molecule has 19 heavy (non-hydrogen) atoms. The fraction of sp³-hybridized carbons (Fsp3) is 0.400. The molecule has 0 aliphatic carbocycles. The number of para-hydroxylation sites is 1. The lowest BCUT2D eigenvalue weighted by atomic mass is 9.95. The third-order valence-corrected chi connectivity index (χ3v) is 5.13. The zero-order valence-electron chi connectivity index (χ0n) is 11.3. The van der Waals surface area contributed by atoms with Crippen LogP contribution in [0.3, 0.4) is 0 Å². The molecule has 1 aliphatic rings.